The van der Waals surface area contributed by atoms with Crippen LogP contribution < -0.4 is 5.43 Å². The highest BCUT2D eigenvalue weighted by molar-refractivity contribution is 5.91. The number of nitrogens with one attached hydrogen (secondary N) is 1. The minimum absolute atomic E-state index is 0.498. The van der Waals surface area contributed by atoms with Crippen molar-refractivity contribution in [2.75, 3.05) is 0 Å². The first-order valence-corrected chi connectivity index (χ1v) is 6.70. The number of nitrogens with zero attached hydrogens (tertiary/aromatic N) is 1. The molecule has 4 heteroatoms. The molecule has 0 aliphatic heterocycles. The van der Waals surface area contributed by atoms with Crippen molar-refractivity contribution in [1.82, 2.24) is 5.43 Å². The van der Waals surface area contributed by atoms with Crippen LogP contribution in [0.5, 0.6) is 0 Å². The van der Waals surface area contributed by atoms with Crippen molar-refractivity contribution in [3.8, 4) is 0 Å². The van der Waals surface area contributed by atoms with Crippen molar-refractivity contribution in [2.45, 2.75) is 19.4 Å². The minimum Gasteiger partial charge on any atom is -0.372 e. The summed E-state index contributed by atoms with van der Waals surface area (Å²) in [5, 5.41) is 15.0. The number of aliphatic hydroxyl groups is 1. The average Bonchev–Trinajstić information content (AvgIpc) is 2.53. The maximum atomic E-state index is 12.5. The number of amides is 1. The second kappa shape index (κ2) is 6.33. The highest BCUT2D eigenvalue weighted by Gasteiger charge is 2.39. The Kier molecular flexibility index (Phi) is 4.50. The molecule has 2 N–H and O–H groups in total. The predicted molar refractivity (Wildman–Crippen MR) is 82.8 cm³/mol. The molecule has 2 aromatic rings. The number of carbonyl (C=O) groups is 1. The highest BCUT2D eigenvalue weighted by atomic mass is 16.3. The van der Waals surface area contributed by atoms with E-state index in [0.717, 1.165) is 0 Å². The van der Waals surface area contributed by atoms with E-state index in [4.69, 9.17) is 0 Å². The Labute approximate surface area is 124 Å². The lowest BCUT2D eigenvalue weighted by Gasteiger charge is -2.27. The molecule has 0 aromatic heterocycles. The van der Waals surface area contributed by atoms with Gasteiger partial charge in [-0.15, -0.1) is 0 Å². The molecule has 21 heavy (non-hydrogen) atoms. The summed E-state index contributed by atoms with van der Waals surface area (Å²) in [6, 6.07) is 17.7. The van der Waals surface area contributed by atoms with Crippen LogP contribution in [0.4, 0.5) is 0 Å². The van der Waals surface area contributed by atoms with Crippen molar-refractivity contribution in [3.63, 3.8) is 0 Å². The molecule has 2 aromatic carbocycles. The van der Waals surface area contributed by atoms with Gasteiger partial charge in [-0.25, -0.2) is 5.43 Å². The maximum absolute atomic E-state index is 12.5. The van der Waals surface area contributed by atoms with Crippen LogP contribution >= 0.6 is 0 Å². The molecule has 1 amide bonds. The van der Waals surface area contributed by atoms with Gasteiger partial charge in [0.25, 0.3) is 5.91 Å². The molecule has 0 fully saturated rings. The molecular formula is C17H18N2O2. The number of hydrazone groups is 1. The largest absolute Gasteiger partial charge is 0.372 e. The van der Waals surface area contributed by atoms with Crippen LogP contribution in [0.2, 0.25) is 0 Å². The Morgan fingerprint density at radius 1 is 0.952 bits per heavy atom. The lowest BCUT2D eigenvalue weighted by Crippen LogP contribution is -2.43. The SMILES string of the molecule is CC(C)=NNC(=O)C(O)(c1ccccc1)c1ccccc1. The highest BCUT2D eigenvalue weighted by Crippen LogP contribution is 2.29. The third kappa shape index (κ3) is 3.17. The monoisotopic (exact) mass is 282 g/mol. The molecule has 108 valence electrons. The molecule has 0 radical (unpaired) electrons. The summed E-state index contributed by atoms with van der Waals surface area (Å²) in [5.74, 6) is -0.582. The zero-order valence-corrected chi connectivity index (χ0v) is 12.1. The van der Waals surface area contributed by atoms with E-state index in [9.17, 15) is 9.90 Å². The van der Waals surface area contributed by atoms with Gasteiger partial charge >= 0.3 is 0 Å². The zero-order chi connectivity index (χ0) is 15.3. The Hall–Kier alpha value is -2.46. The average molecular weight is 282 g/mol. The molecule has 4 nitrogen and oxygen atoms in total. The van der Waals surface area contributed by atoms with E-state index in [1.807, 2.05) is 12.1 Å². The first-order valence-electron chi connectivity index (χ1n) is 6.70. The van der Waals surface area contributed by atoms with Crippen LogP contribution in [-0.2, 0) is 10.4 Å². The summed E-state index contributed by atoms with van der Waals surface area (Å²) in [7, 11) is 0. The van der Waals surface area contributed by atoms with E-state index in [1.54, 1.807) is 62.4 Å². The topological polar surface area (TPSA) is 61.7 Å². The normalized spacial score (nSPS) is 10.8. The first-order chi connectivity index (χ1) is 10.0. The van der Waals surface area contributed by atoms with Crippen molar-refractivity contribution in [1.29, 1.82) is 0 Å². The zero-order valence-electron chi connectivity index (χ0n) is 12.1. The molecule has 2 rings (SSSR count). The fraction of sp³-hybridized carbons (Fsp3) is 0.176. The second-order valence-corrected chi connectivity index (χ2v) is 4.94. The molecule has 0 spiro atoms. The van der Waals surface area contributed by atoms with Gasteiger partial charge in [0.05, 0.1) is 0 Å². The van der Waals surface area contributed by atoms with E-state index in [0.29, 0.717) is 16.8 Å². The van der Waals surface area contributed by atoms with Gasteiger partial charge in [0.15, 0.2) is 5.60 Å². The van der Waals surface area contributed by atoms with Crippen LogP contribution in [0.25, 0.3) is 0 Å². The number of hydrogen-bond donors (Lipinski definition) is 2. The number of benzene rings is 2. The quantitative estimate of drug-likeness (QED) is 0.668. The van der Waals surface area contributed by atoms with Gasteiger partial charge in [-0.3, -0.25) is 4.79 Å². The Bertz CT molecular complexity index is 593. The molecule has 0 atom stereocenters. The lowest BCUT2D eigenvalue weighted by molar-refractivity contribution is -0.136. The molecule has 0 saturated carbocycles. The summed E-state index contributed by atoms with van der Waals surface area (Å²) in [6.07, 6.45) is 0. The maximum Gasteiger partial charge on any atom is 0.281 e. The smallest absolute Gasteiger partial charge is 0.281 e. The summed E-state index contributed by atoms with van der Waals surface area (Å²) in [5.41, 5.74) is 2.34. The summed E-state index contributed by atoms with van der Waals surface area (Å²) in [6.45, 7) is 3.54. The molecule has 0 saturated heterocycles. The van der Waals surface area contributed by atoms with Crippen molar-refractivity contribution in [3.05, 3.63) is 71.8 Å². The second-order valence-electron chi connectivity index (χ2n) is 4.94. The van der Waals surface area contributed by atoms with Gasteiger partial charge in [-0.1, -0.05) is 60.7 Å². The van der Waals surface area contributed by atoms with Gasteiger partial charge in [0, 0.05) is 5.71 Å². The van der Waals surface area contributed by atoms with Gasteiger partial charge < -0.3 is 5.11 Å². The van der Waals surface area contributed by atoms with Crippen LogP contribution in [0, 0.1) is 0 Å². The van der Waals surface area contributed by atoms with Crippen LogP contribution in [0.3, 0.4) is 0 Å². The number of carbonyl (C=O) groups excluding carboxylic acids is 1. The van der Waals surface area contributed by atoms with Gasteiger partial charge in [-0.05, 0) is 25.0 Å². The van der Waals surface area contributed by atoms with Crippen LogP contribution in [0.15, 0.2) is 65.8 Å². The molecule has 0 bridgehead atoms. The fourth-order valence-corrected chi connectivity index (χ4v) is 2.03. The third-order valence-electron chi connectivity index (χ3n) is 3.09. The van der Waals surface area contributed by atoms with Crippen molar-refractivity contribution < 1.29 is 9.90 Å². The third-order valence-corrected chi connectivity index (χ3v) is 3.09. The summed E-state index contributed by atoms with van der Waals surface area (Å²) < 4.78 is 0. The molecule has 0 unspecified atom stereocenters. The molecular weight excluding hydrogens is 264 g/mol. The predicted octanol–water partition coefficient (Wildman–Crippen LogP) is 2.43. The minimum atomic E-state index is -1.78. The van der Waals surface area contributed by atoms with Gasteiger partial charge in [-0.2, -0.15) is 5.10 Å². The summed E-state index contributed by atoms with van der Waals surface area (Å²) in [4.78, 5) is 12.5. The lowest BCUT2D eigenvalue weighted by atomic mass is 9.85. The Balaban J connectivity index is 2.50. The van der Waals surface area contributed by atoms with Crippen LogP contribution in [0.1, 0.15) is 25.0 Å². The Morgan fingerprint density at radius 2 is 1.38 bits per heavy atom. The van der Waals surface area contributed by atoms with E-state index in [2.05, 4.69) is 10.5 Å². The number of rotatable bonds is 4. The first kappa shape index (κ1) is 14.9. The van der Waals surface area contributed by atoms with E-state index >= 15 is 0 Å². The van der Waals surface area contributed by atoms with Gasteiger partial charge in [0.2, 0.25) is 0 Å². The Morgan fingerprint density at radius 3 is 1.76 bits per heavy atom. The van der Waals surface area contributed by atoms with E-state index < -0.39 is 11.5 Å². The standard InChI is InChI=1S/C17H18N2O2/c1-13(2)18-19-16(20)17(21,14-9-5-3-6-10-14)15-11-7-4-8-12-15/h3-12,21H,1-2H3,(H,19,20). The van der Waals surface area contributed by atoms with Crippen molar-refractivity contribution >= 4 is 11.6 Å². The summed E-state index contributed by atoms with van der Waals surface area (Å²) >= 11 is 0. The molecule has 0 aliphatic carbocycles. The molecule has 0 aliphatic rings. The van der Waals surface area contributed by atoms with Crippen molar-refractivity contribution in [2.24, 2.45) is 5.10 Å². The fourth-order valence-electron chi connectivity index (χ4n) is 2.03. The van der Waals surface area contributed by atoms with Crippen LogP contribution in [-0.4, -0.2) is 16.7 Å². The molecule has 0 heterocycles. The van der Waals surface area contributed by atoms with E-state index in [1.165, 1.54) is 0 Å². The van der Waals surface area contributed by atoms with Gasteiger partial charge in [0.1, 0.15) is 0 Å². The van der Waals surface area contributed by atoms with E-state index in [-0.39, 0.29) is 0 Å². The number of hydrogen-bond acceptors (Lipinski definition) is 3.